The minimum atomic E-state index is -0.650. The largest absolute Gasteiger partial charge is 0.481 e. The molecule has 0 radical (unpaired) electrons. The maximum absolute atomic E-state index is 10.4. The molecule has 1 aliphatic rings. The number of hydrogen-bond acceptors (Lipinski definition) is 2. The van der Waals surface area contributed by atoms with Crippen LogP contribution in [-0.4, -0.2) is 24.2 Å². The van der Waals surface area contributed by atoms with E-state index in [1.165, 1.54) is 0 Å². The van der Waals surface area contributed by atoms with E-state index < -0.39 is 5.97 Å². The van der Waals surface area contributed by atoms with Crippen molar-refractivity contribution >= 4 is 5.97 Å². The third-order valence-corrected chi connectivity index (χ3v) is 2.72. The summed E-state index contributed by atoms with van der Waals surface area (Å²) in [6, 6.07) is 0.620. The van der Waals surface area contributed by atoms with Crippen LogP contribution < -0.4 is 5.32 Å². The van der Waals surface area contributed by atoms with Crippen molar-refractivity contribution in [3.63, 3.8) is 0 Å². The van der Waals surface area contributed by atoms with Crippen LogP contribution in [-0.2, 0) is 4.79 Å². The lowest BCUT2D eigenvalue weighted by Crippen LogP contribution is -2.30. The molecule has 0 aromatic heterocycles. The van der Waals surface area contributed by atoms with Gasteiger partial charge in [-0.05, 0) is 38.6 Å². The number of rotatable bonds is 3. The van der Waals surface area contributed by atoms with E-state index >= 15 is 0 Å². The SMILES string of the molecule is CNC1CCC(CC(=O)O)CC1. The Balaban J connectivity index is 2.21. The molecular weight excluding hydrogens is 154 g/mol. The molecule has 3 heteroatoms. The van der Waals surface area contributed by atoms with Gasteiger partial charge in [-0.15, -0.1) is 0 Å². The van der Waals surface area contributed by atoms with Gasteiger partial charge in [-0.25, -0.2) is 0 Å². The first kappa shape index (κ1) is 9.52. The number of hydrogen-bond donors (Lipinski definition) is 2. The molecule has 0 unspecified atom stereocenters. The second kappa shape index (κ2) is 4.45. The van der Waals surface area contributed by atoms with E-state index in [1.807, 2.05) is 7.05 Å². The van der Waals surface area contributed by atoms with Gasteiger partial charge in [-0.1, -0.05) is 0 Å². The fourth-order valence-corrected chi connectivity index (χ4v) is 1.90. The molecule has 0 amide bonds. The standard InChI is InChI=1S/C9H17NO2/c1-10-8-4-2-7(3-5-8)6-9(11)12/h7-8,10H,2-6H2,1H3,(H,11,12). The van der Waals surface area contributed by atoms with Crippen molar-refractivity contribution in [1.82, 2.24) is 5.32 Å². The van der Waals surface area contributed by atoms with Crippen LogP contribution in [0.5, 0.6) is 0 Å². The number of carboxylic acid groups (broad SMARTS) is 1. The van der Waals surface area contributed by atoms with Gasteiger partial charge in [0.2, 0.25) is 0 Å². The molecule has 12 heavy (non-hydrogen) atoms. The Labute approximate surface area is 73.2 Å². The molecule has 0 aromatic carbocycles. The summed E-state index contributed by atoms with van der Waals surface area (Å²) in [5.41, 5.74) is 0. The van der Waals surface area contributed by atoms with Gasteiger partial charge in [0.25, 0.3) is 0 Å². The highest BCUT2D eigenvalue weighted by atomic mass is 16.4. The highest BCUT2D eigenvalue weighted by Crippen LogP contribution is 2.26. The van der Waals surface area contributed by atoms with Gasteiger partial charge in [0.05, 0.1) is 0 Å². The van der Waals surface area contributed by atoms with Crippen LogP contribution in [0.25, 0.3) is 0 Å². The summed E-state index contributed by atoms with van der Waals surface area (Å²) in [7, 11) is 1.97. The van der Waals surface area contributed by atoms with Gasteiger partial charge in [0, 0.05) is 12.5 Å². The Morgan fingerprint density at radius 2 is 2.00 bits per heavy atom. The van der Waals surface area contributed by atoms with Crippen LogP contribution in [0.3, 0.4) is 0 Å². The molecule has 0 heterocycles. The molecule has 0 saturated heterocycles. The van der Waals surface area contributed by atoms with Crippen LogP contribution in [0.2, 0.25) is 0 Å². The quantitative estimate of drug-likeness (QED) is 0.671. The molecule has 1 saturated carbocycles. The van der Waals surface area contributed by atoms with Crippen molar-refractivity contribution in [3.8, 4) is 0 Å². The maximum Gasteiger partial charge on any atom is 0.303 e. The number of nitrogens with one attached hydrogen (secondary N) is 1. The molecule has 1 rings (SSSR count). The maximum atomic E-state index is 10.4. The molecule has 0 aliphatic heterocycles. The highest BCUT2D eigenvalue weighted by Gasteiger charge is 2.21. The topological polar surface area (TPSA) is 49.3 Å². The fourth-order valence-electron chi connectivity index (χ4n) is 1.90. The second-order valence-corrected chi connectivity index (χ2v) is 3.60. The van der Waals surface area contributed by atoms with Gasteiger partial charge >= 0.3 is 5.97 Å². The van der Waals surface area contributed by atoms with Crippen molar-refractivity contribution in [1.29, 1.82) is 0 Å². The first-order valence-corrected chi connectivity index (χ1v) is 4.61. The molecular formula is C9H17NO2. The van der Waals surface area contributed by atoms with Crippen LogP contribution in [0.1, 0.15) is 32.1 Å². The lowest BCUT2D eigenvalue weighted by Gasteiger charge is -2.27. The van der Waals surface area contributed by atoms with Crippen molar-refractivity contribution < 1.29 is 9.90 Å². The number of carbonyl (C=O) groups is 1. The van der Waals surface area contributed by atoms with Gasteiger partial charge in [-0.2, -0.15) is 0 Å². The van der Waals surface area contributed by atoms with Crippen molar-refractivity contribution in [2.75, 3.05) is 7.05 Å². The molecule has 70 valence electrons. The number of carboxylic acids is 1. The molecule has 0 atom stereocenters. The van der Waals surface area contributed by atoms with E-state index in [0.29, 0.717) is 18.4 Å². The summed E-state index contributed by atoms with van der Waals surface area (Å²) in [5, 5.41) is 11.8. The Bertz CT molecular complexity index is 151. The van der Waals surface area contributed by atoms with E-state index in [4.69, 9.17) is 5.11 Å². The first-order valence-electron chi connectivity index (χ1n) is 4.61. The van der Waals surface area contributed by atoms with Gasteiger partial charge in [0.1, 0.15) is 0 Å². The Morgan fingerprint density at radius 3 is 2.42 bits per heavy atom. The van der Waals surface area contributed by atoms with Crippen molar-refractivity contribution in [3.05, 3.63) is 0 Å². The first-order chi connectivity index (χ1) is 5.72. The summed E-state index contributed by atoms with van der Waals surface area (Å²) in [5.74, 6) is -0.227. The third kappa shape index (κ3) is 2.81. The number of aliphatic carboxylic acids is 1. The predicted octanol–water partition coefficient (Wildman–Crippen LogP) is 1.24. The van der Waals surface area contributed by atoms with Crippen LogP contribution >= 0.6 is 0 Å². The summed E-state index contributed by atoms with van der Waals surface area (Å²) >= 11 is 0. The van der Waals surface area contributed by atoms with Crippen molar-refractivity contribution in [2.45, 2.75) is 38.1 Å². The molecule has 0 spiro atoms. The Morgan fingerprint density at radius 1 is 1.42 bits per heavy atom. The average molecular weight is 171 g/mol. The summed E-state index contributed by atoms with van der Waals surface area (Å²) in [4.78, 5) is 10.4. The predicted molar refractivity (Wildman–Crippen MR) is 47.1 cm³/mol. The summed E-state index contributed by atoms with van der Waals surface area (Å²) in [6.45, 7) is 0. The molecule has 0 bridgehead atoms. The molecule has 3 nitrogen and oxygen atoms in total. The summed E-state index contributed by atoms with van der Waals surface area (Å²) in [6.07, 6.45) is 4.76. The average Bonchev–Trinajstić information content (AvgIpc) is 2.05. The monoisotopic (exact) mass is 171 g/mol. The summed E-state index contributed by atoms with van der Waals surface area (Å²) < 4.78 is 0. The zero-order valence-electron chi connectivity index (χ0n) is 7.55. The zero-order valence-corrected chi connectivity index (χ0v) is 7.55. The van der Waals surface area contributed by atoms with E-state index in [1.54, 1.807) is 0 Å². The highest BCUT2D eigenvalue weighted by molar-refractivity contribution is 5.67. The van der Waals surface area contributed by atoms with Gasteiger partial charge in [0.15, 0.2) is 0 Å². The Hall–Kier alpha value is -0.570. The molecule has 0 aromatic rings. The van der Waals surface area contributed by atoms with Crippen molar-refractivity contribution in [2.24, 2.45) is 5.92 Å². The second-order valence-electron chi connectivity index (χ2n) is 3.60. The minimum absolute atomic E-state index is 0.358. The van der Waals surface area contributed by atoms with E-state index in [2.05, 4.69) is 5.32 Å². The smallest absolute Gasteiger partial charge is 0.303 e. The Kier molecular flexibility index (Phi) is 3.53. The van der Waals surface area contributed by atoms with Gasteiger partial charge < -0.3 is 10.4 Å². The normalized spacial score (nSPS) is 30.1. The van der Waals surface area contributed by atoms with E-state index in [0.717, 1.165) is 25.7 Å². The van der Waals surface area contributed by atoms with E-state index in [9.17, 15) is 4.79 Å². The minimum Gasteiger partial charge on any atom is -0.481 e. The molecule has 2 N–H and O–H groups in total. The van der Waals surface area contributed by atoms with Crippen LogP contribution in [0.4, 0.5) is 0 Å². The van der Waals surface area contributed by atoms with Gasteiger partial charge in [-0.3, -0.25) is 4.79 Å². The van der Waals surface area contributed by atoms with Crippen LogP contribution in [0, 0.1) is 5.92 Å². The lowest BCUT2D eigenvalue weighted by atomic mass is 9.84. The molecule has 1 fully saturated rings. The molecule has 1 aliphatic carbocycles. The third-order valence-electron chi connectivity index (χ3n) is 2.72. The fraction of sp³-hybridized carbons (Fsp3) is 0.889. The van der Waals surface area contributed by atoms with E-state index in [-0.39, 0.29) is 0 Å². The zero-order chi connectivity index (χ0) is 8.97. The van der Waals surface area contributed by atoms with Crippen LogP contribution in [0.15, 0.2) is 0 Å². The lowest BCUT2D eigenvalue weighted by molar-refractivity contribution is -0.138.